The molecule has 0 saturated heterocycles. The van der Waals surface area contributed by atoms with Gasteiger partial charge in [-0.05, 0) is 14.0 Å². The van der Waals surface area contributed by atoms with Crippen molar-refractivity contribution in [2.45, 2.75) is 6.92 Å². The zero-order valence-electron chi connectivity index (χ0n) is 6.09. The van der Waals surface area contributed by atoms with Gasteiger partial charge in [-0.2, -0.15) is 0 Å². The highest BCUT2D eigenvalue weighted by Crippen LogP contribution is 1.68. The Morgan fingerprint density at radius 1 is 1.80 bits per heavy atom. The minimum atomic E-state index is -0.803. The molecule has 0 aliphatic rings. The van der Waals surface area contributed by atoms with Crippen LogP contribution in [0.15, 0.2) is 0 Å². The number of aldehydes is 1. The van der Waals surface area contributed by atoms with Crippen LogP contribution in [0, 0.1) is 0 Å². The van der Waals surface area contributed by atoms with Crippen LogP contribution < -0.4 is 11.3 Å². The van der Waals surface area contributed by atoms with Gasteiger partial charge in [0.1, 0.15) is 0 Å². The lowest BCUT2D eigenvalue weighted by Crippen LogP contribution is -2.13. The molecule has 0 aliphatic heterocycles. The summed E-state index contributed by atoms with van der Waals surface area (Å²) in [7, 11) is 1.65. The Kier molecular flexibility index (Phi) is 12.9. The third-order valence-electron chi connectivity index (χ3n) is 0.383. The van der Waals surface area contributed by atoms with E-state index in [0.29, 0.717) is 0 Å². The molecule has 0 aromatic heterocycles. The summed E-state index contributed by atoms with van der Waals surface area (Å²) in [4.78, 5) is 19.2. The number of esters is 1. The summed E-state index contributed by atoms with van der Waals surface area (Å²) in [5.41, 5.74) is 2.25. The van der Waals surface area contributed by atoms with Crippen LogP contribution in [-0.4, -0.2) is 25.9 Å². The van der Waals surface area contributed by atoms with Crippen LogP contribution in [-0.2, 0) is 14.3 Å². The average molecular weight is 148 g/mol. The van der Waals surface area contributed by atoms with Crippen LogP contribution in [0.5, 0.6) is 0 Å². The molecule has 0 saturated carbocycles. The first-order valence-electron chi connectivity index (χ1n) is 2.72. The Labute approximate surface area is 59.5 Å². The van der Waals surface area contributed by atoms with E-state index in [2.05, 4.69) is 16.0 Å². The van der Waals surface area contributed by atoms with Crippen LogP contribution in [0.1, 0.15) is 6.92 Å². The van der Waals surface area contributed by atoms with E-state index in [1.807, 2.05) is 0 Å². The number of nitrogens with one attached hydrogen (secondary N) is 1. The molecule has 0 spiro atoms. The molecule has 0 amide bonds. The quantitative estimate of drug-likeness (QED) is 0.169. The third kappa shape index (κ3) is 15.7. The van der Waals surface area contributed by atoms with Gasteiger partial charge in [-0.15, -0.1) is 0 Å². The van der Waals surface area contributed by atoms with Gasteiger partial charge in [-0.1, -0.05) is 0 Å². The Morgan fingerprint density at radius 2 is 2.20 bits per heavy atom. The summed E-state index contributed by atoms with van der Waals surface area (Å²) in [5.74, 6) is 3.79. The SMILES string of the molecule is CCOC(=O)C=O.CNN. The van der Waals surface area contributed by atoms with Gasteiger partial charge in [0.25, 0.3) is 0 Å². The van der Waals surface area contributed by atoms with Crippen molar-refractivity contribution in [3.8, 4) is 0 Å². The van der Waals surface area contributed by atoms with E-state index in [9.17, 15) is 9.59 Å². The molecule has 10 heavy (non-hydrogen) atoms. The fourth-order valence-electron chi connectivity index (χ4n) is 0.176. The molecule has 3 N–H and O–H groups in total. The van der Waals surface area contributed by atoms with Crippen LogP contribution in [0.4, 0.5) is 0 Å². The Morgan fingerprint density at radius 3 is 2.30 bits per heavy atom. The van der Waals surface area contributed by atoms with Gasteiger partial charge < -0.3 is 4.74 Å². The Bertz CT molecular complexity index is 94.9. The number of hydrogen-bond acceptors (Lipinski definition) is 5. The second-order valence-corrected chi connectivity index (χ2v) is 1.16. The van der Waals surface area contributed by atoms with Crippen molar-refractivity contribution >= 4 is 12.3 Å². The molecule has 0 aromatic rings. The van der Waals surface area contributed by atoms with Crippen LogP contribution in [0.2, 0.25) is 0 Å². The van der Waals surface area contributed by atoms with E-state index in [1.54, 1.807) is 14.0 Å². The minimum Gasteiger partial charge on any atom is -0.460 e. The summed E-state index contributed by atoms with van der Waals surface area (Å²) in [6.45, 7) is 1.90. The second-order valence-electron chi connectivity index (χ2n) is 1.16. The van der Waals surface area contributed by atoms with Gasteiger partial charge >= 0.3 is 5.97 Å². The topological polar surface area (TPSA) is 81.4 Å². The molecule has 0 bridgehead atoms. The second kappa shape index (κ2) is 10.9. The molecule has 0 rings (SSSR count). The highest BCUT2D eigenvalue weighted by molar-refractivity contribution is 6.20. The zero-order chi connectivity index (χ0) is 8.41. The number of carbonyl (C=O) groups is 2. The predicted molar refractivity (Wildman–Crippen MR) is 35.9 cm³/mol. The van der Waals surface area contributed by atoms with Gasteiger partial charge in [0, 0.05) is 0 Å². The summed E-state index contributed by atoms with van der Waals surface area (Å²) in [6, 6.07) is 0. The summed E-state index contributed by atoms with van der Waals surface area (Å²) in [5, 5.41) is 0. The molecule has 0 aromatic carbocycles. The monoisotopic (exact) mass is 148 g/mol. The zero-order valence-corrected chi connectivity index (χ0v) is 6.09. The van der Waals surface area contributed by atoms with E-state index in [1.165, 1.54) is 0 Å². The van der Waals surface area contributed by atoms with E-state index < -0.39 is 5.97 Å². The molecule has 0 heterocycles. The van der Waals surface area contributed by atoms with Crippen molar-refractivity contribution in [2.75, 3.05) is 13.7 Å². The van der Waals surface area contributed by atoms with Crippen LogP contribution in [0.3, 0.4) is 0 Å². The fourth-order valence-corrected chi connectivity index (χ4v) is 0.176. The molecular weight excluding hydrogens is 136 g/mol. The van der Waals surface area contributed by atoms with Gasteiger partial charge in [-0.25, -0.2) is 4.79 Å². The Hall–Kier alpha value is -0.940. The molecule has 0 atom stereocenters. The number of nitrogens with two attached hydrogens (primary N) is 1. The van der Waals surface area contributed by atoms with E-state index >= 15 is 0 Å². The molecule has 60 valence electrons. The third-order valence-corrected chi connectivity index (χ3v) is 0.383. The van der Waals surface area contributed by atoms with Gasteiger partial charge in [0.15, 0.2) is 0 Å². The molecule has 5 nitrogen and oxygen atoms in total. The standard InChI is InChI=1S/C4H6O3.CH6N2/c1-2-7-4(6)3-5;1-3-2/h3H,2H2,1H3;3H,2H2,1H3. The first-order valence-corrected chi connectivity index (χ1v) is 2.72. The molecule has 0 radical (unpaired) electrons. The molecule has 0 unspecified atom stereocenters. The van der Waals surface area contributed by atoms with E-state index in [4.69, 9.17) is 0 Å². The lowest BCUT2D eigenvalue weighted by Gasteiger charge is -1.88. The van der Waals surface area contributed by atoms with Crippen LogP contribution >= 0.6 is 0 Å². The number of hydrogen-bond donors (Lipinski definition) is 2. The normalized spacial score (nSPS) is 7.10. The maximum atomic E-state index is 9.82. The molecule has 0 fully saturated rings. The molecule has 5 heteroatoms. The number of ether oxygens (including phenoxy) is 1. The number of rotatable bonds is 2. The van der Waals surface area contributed by atoms with Crippen LogP contribution in [0.25, 0.3) is 0 Å². The number of hydrazine groups is 1. The van der Waals surface area contributed by atoms with E-state index in [-0.39, 0.29) is 12.9 Å². The summed E-state index contributed by atoms with van der Waals surface area (Å²) in [6.07, 6.45) is 0.142. The van der Waals surface area contributed by atoms with Crippen molar-refractivity contribution in [3.63, 3.8) is 0 Å². The average Bonchev–Trinajstić information content (AvgIpc) is 1.90. The first kappa shape index (κ1) is 11.8. The highest BCUT2D eigenvalue weighted by Gasteiger charge is 1.91. The van der Waals surface area contributed by atoms with Crippen molar-refractivity contribution in [2.24, 2.45) is 5.84 Å². The highest BCUT2D eigenvalue weighted by atomic mass is 16.5. The predicted octanol–water partition coefficient (Wildman–Crippen LogP) is -1.17. The maximum absolute atomic E-state index is 9.82. The summed E-state index contributed by atoms with van der Waals surface area (Å²) < 4.78 is 4.18. The Balaban J connectivity index is 0. The molecule has 0 aliphatic carbocycles. The van der Waals surface area contributed by atoms with Crippen molar-refractivity contribution in [3.05, 3.63) is 0 Å². The van der Waals surface area contributed by atoms with Crippen molar-refractivity contribution in [1.82, 2.24) is 5.43 Å². The lowest BCUT2D eigenvalue weighted by molar-refractivity contribution is -0.148. The minimum absolute atomic E-state index is 0.142. The smallest absolute Gasteiger partial charge is 0.371 e. The fraction of sp³-hybridized carbons (Fsp3) is 0.600. The van der Waals surface area contributed by atoms with Crippen molar-refractivity contribution < 1.29 is 14.3 Å². The van der Waals surface area contributed by atoms with Gasteiger partial charge in [0.2, 0.25) is 6.29 Å². The maximum Gasteiger partial charge on any atom is 0.371 e. The first-order chi connectivity index (χ1) is 4.72. The lowest BCUT2D eigenvalue weighted by atomic mass is 10.7. The number of carbonyl (C=O) groups excluding carboxylic acids is 2. The van der Waals surface area contributed by atoms with Crippen molar-refractivity contribution in [1.29, 1.82) is 0 Å². The molecular formula is C5H12N2O3. The van der Waals surface area contributed by atoms with E-state index in [0.717, 1.165) is 0 Å². The van der Waals surface area contributed by atoms with Gasteiger partial charge in [-0.3, -0.25) is 16.1 Å². The van der Waals surface area contributed by atoms with Gasteiger partial charge in [0.05, 0.1) is 6.61 Å². The largest absolute Gasteiger partial charge is 0.460 e. The summed E-state index contributed by atoms with van der Waals surface area (Å²) >= 11 is 0.